The lowest BCUT2D eigenvalue weighted by molar-refractivity contribution is -0.149. The first-order valence-electron chi connectivity index (χ1n) is 7.85. The number of imidazole rings is 1. The molecule has 3 aromatic rings. The molecular formula is C17H14F3N5O2. The number of hydrogen-bond acceptors (Lipinski definition) is 5. The summed E-state index contributed by atoms with van der Waals surface area (Å²) in [5.74, 6) is -0.250. The van der Waals surface area contributed by atoms with E-state index in [4.69, 9.17) is 4.42 Å². The zero-order valence-corrected chi connectivity index (χ0v) is 14.5. The number of fused-ring (bicyclic) bond motifs is 1. The van der Waals surface area contributed by atoms with Crippen molar-refractivity contribution in [2.45, 2.75) is 33.0 Å². The molecule has 1 N–H and O–H groups in total. The van der Waals surface area contributed by atoms with Crippen LogP contribution in [0, 0.1) is 25.2 Å². The van der Waals surface area contributed by atoms with Crippen LogP contribution in [0.2, 0.25) is 0 Å². The Balaban J connectivity index is 2.08. The molecule has 0 aromatic carbocycles. The molecule has 0 aliphatic heterocycles. The van der Waals surface area contributed by atoms with E-state index in [0.29, 0.717) is 17.0 Å². The van der Waals surface area contributed by atoms with E-state index in [1.807, 2.05) is 11.4 Å². The number of aryl methyl sites for hydroxylation is 2. The Hall–Kier alpha value is -3.35. The second kappa shape index (κ2) is 6.42. The number of amides is 1. The van der Waals surface area contributed by atoms with Crippen LogP contribution in [0.5, 0.6) is 0 Å². The quantitative estimate of drug-likeness (QED) is 0.756. The van der Waals surface area contributed by atoms with Crippen LogP contribution in [0.3, 0.4) is 0 Å². The fraction of sp³-hybridized carbons (Fsp3) is 0.294. The van der Waals surface area contributed by atoms with Crippen LogP contribution in [0.4, 0.5) is 13.2 Å². The molecule has 1 amide bonds. The number of nitrogens with one attached hydrogen (secondary N) is 1. The van der Waals surface area contributed by atoms with E-state index in [0.717, 1.165) is 17.6 Å². The summed E-state index contributed by atoms with van der Waals surface area (Å²) in [6.07, 6.45) is -3.42. The summed E-state index contributed by atoms with van der Waals surface area (Å²) in [5.41, 5.74) is 1.29. The van der Waals surface area contributed by atoms with Gasteiger partial charge < -0.3 is 9.73 Å². The fourth-order valence-electron chi connectivity index (χ4n) is 2.53. The minimum absolute atomic E-state index is 0.159. The average molecular weight is 377 g/mol. The van der Waals surface area contributed by atoms with E-state index in [1.54, 1.807) is 26.0 Å². The molecule has 0 radical (unpaired) electrons. The van der Waals surface area contributed by atoms with Crippen molar-refractivity contribution in [2.24, 2.45) is 0 Å². The van der Waals surface area contributed by atoms with Gasteiger partial charge in [0.25, 0.3) is 5.91 Å². The molecule has 3 rings (SSSR count). The van der Waals surface area contributed by atoms with E-state index in [9.17, 15) is 23.2 Å². The van der Waals surface area contributed by atoms with Crippen LogP contribution in [0.15, 0.2) is 22.7 Å². The van der Waals surface area contributed by atoms with Gasteiger partial charge in [0.15, 0.2) is 17.1 Å². The van der Waals surface area contributed by atoms with Crippen molar-refractivity contribution in [3.63, 3.8) is 0 Å². The number of nitriles is 1. The topological polar surface area (TPSA) is 96.2 Å². The van der Waals surface area contributed by atoms with Gasteiger partial charge in [-0.05, 0) is 38.5 Å². The molecular weight excluding hydrogens is 363 g/mol. The van der Waals surface area contributed by atoms with Crippen LogP contribution in [-0.2, 0) is 0 Å². The highest BCUT2D eigenvalue weighted by atomic mass is 19.4. The molecule has 0 saturated heterocycles. The van der Waals surface area contributed by atoms with Gasteiger partial charge in [0, 0.05) is 0 Å². The monoisotopic (exact) mass is 377 g/mol. The SMILES string of the molecule is Cc1cc(C#N)c(-c2cc(C)c3ncc(C(=O)N[C@@H](C)C(F)(F)F)n3n2)o1. The number of rotatable bonds is 3. The molecule has 0 unspecified atom stereocenters. The molecule has 0 fully saturated rings. The molecule has 3 aromatic heterocycles. The average Bonchev–Trinajstić information content (AvgIpc) is 3.17. The van der Waals surface area contributed by atoms with E-state index in [2.05, 4.69) is 10.1 Å². The highest BCUT2D eigenvalue weighted by Gasteiger charge is 2.37. The lowest BCUT2D eigenvalue weighted by Gasteiger charge is -2.16. The minimum Gasteiger partial charge on any atom is -0.458 e. The van der Waals surface area contributed by atoms with Crippen molar-refractivity contribution in [2.75, 3.05) is 0 Å². The fourth-order valence-corrected chi connectivity index (χ4v) is 2.53. The molecule has 1 atom stereocenters. The summed E-state index contributed by atoms with van der Waals surface area (Å²) >= 11 is 0. The minimum atomic E-state index is -4.57. The molecule has 0 bridgehead atoms. The Morgan fingerprint density at radius 2 is 2.07 bits per heavy atom. The maximum Gasteiger partial charge on any atom is 0.408 e. The second-order valence-corrected chi connectivity index (χ2v) is 6.04. The predicted octanol–water partition coefficient (Wildman–Crippen LogP) is 3.16. The number of carbonyl (C=O) groups excluding carboxylic acids is 1. The van der Waals surface area contributed by atoms with E-state index < -0.39 is 18.1 Å². The third-order valence-corrected chi connectivity index (χ3v) is 3.93. The van der Waals surface area contributed by atoms with Gasteiger partial charge in [-0.1, -0.05) is 0 Å². The third-order valence-electron chi connectivity index (χ3n) is 3.93. The maximum atomic E-state index is 12.7. The maximum absolute atomic E-state index is 12.7. The van der Waals surface area contributed by atoms with Gasteiger partial charge in [0.2, 0.25) is 0 Å². The van der Waals surface area contributed by atoms with E-state index in [-0.39, 0.29) is 22.7 Å². The molecule has 140 valence electrons. The van der Waals surface area contributed by atoms with Crippen LogP contribution < -0.4 is 5.32 Å². The van der Waals surface area contributed by atoms with Gasteiger partial charge in [0.05, 0.1) is 6.20 Å². The number of carbonyl (C=O) groups is 1. The standard InChI is InChI=1S/C17H14F3N5O2/c1-8-4-12(14-11(6-21)5-9(2)27-14)24-25-13(7-22-15(8)25)16(26)23-10(3)17(18,19)20/h4-5,7,10H,1-3H3,(H,23,26)/t10-/m0/s1. The van der Waals surface area contributed by atoms with Crippen LogP contribution in [0.1, 0.15) is 34.3 Å². The van der Waals surface area contributed by atoms with Gasteiger partial charge in [-0.15, -0.1) is 0 Å². The highest BCUT2D eigenvalue weighted by molar-refractivity contribution is 5.93. The molecule has 10 heteroatoms. The van der Waals surface area contributed by atoms with Crippen molar-refractivity contribution in [1.82, 2.24) is 19.9 Å². The smallest absolute Gasteiger partial charge is 0.408 e. The molecule has 27 heavy (non-hydrogen) atoms. The Bertz CT molecular complexity index is 1070. The Morgan fingerprint density at radius 1 is 1.37 bits per heavy atom. The molecule has 7 nitrogen and oxygen atoms in total. The molecule has 3 heterocycles. The Kier molecular flexibility index (Phi) is 4.39. The van der Waals surface area contributed by atoms with E-state index in [1.165, 1.54) is 0 Å². The number of aromatic nitrogens is 3. The third kappa shape index (κ3) is 3.36. The number of nitrogens with zero attached hydrogens (tertiary/aromatic N) is 4. The van der Waals surface area contributed by atoms with Crippen molar-refractivity contribution >= 4 is 11.6 Å². The normalized spacial score (nSPS) is 12.8. The van der Waals surface area contributed by atoms with Gasteiger partial charge >= 0.3 is 6.18 Å². The van der Waals surface area contributed by atoms with Crippen molar-refractivity contribution in [3.05, 3.63) is 40.9 Å². The van der Waals surface area contributed by atoms with Gasteiger partial charge in [-0.3, -0.25) is 4.79 Å². The molecule has 0 spiro atoms. The number of hydrogen-bond donors (Lipinski definition) is 1. The predicted molar refractivity (Wildman–Crippen MR) is 87.9 cm³/mol. The number of alkyl halides is 3. The van der Waals surface area contributed by atoms with Crippen molar-refractivity contribution in [3.8, 4) is 17.5 Å². The van der Waals surface area contributed by atoms with Gasteiger partial charge in [-0.2, -0.15) is 23.5 Å². The zero-order chi connectivity index (χ0) is 19.9. The molecule has 0 saturated carbocycles. The van der Waals surface area contributed by atoms with Gasteiger partial charge in [0.1, 0.15) is 29.1 Å². The van der Waals surface area contributed by atoms with Crippen LogP contribution >= 0.6 is 0 Å². The zero-order valence-electron chi connectivity index (χ0n) is 14.5. The van der Waals surface area contributed by atoms with E-state index >= 15 is 0 Å². The Morgan fingerprint density at radius 3 is 2.70 bits per heavy atom. The summed E-state index contributed by atoms with van der Waals surface area (Å²) in [4.78, 5) is 16.3. The molecule has 0 aliphatic rings. The van der Waals surface area contributed by atoms with Crippen LogP contribution in [0.25, 0.3) is 17.1 Å². The summed E-state index contributed by atoms with van der Waals surface area (Å²) in [5, 5.41) is 15.4. The second-order valence-electron chi connectivity index (χ2n) is 6.04. The summed E-state index contributed by atoms with van der Waals surface area (Å²) in [6.45, 7) is 4.22. The van der Waals surface area contributed by atoms with Crippen molar-refractivity contribution < 1.29 is 22.4 Å². The first-order valence-corrected chi connectivity index (χ1v) is 7.85. The first kappa shape index (κ1) is 18.4. The highest BCUT2D eigenvalue weighted by Crippen LogP contribution is 2.27. The lowest BCUT2D eigenvalue weighted by Crippen LogP contribution is -2.43. The largest absolute Gasteiger partial charge is 0.458 e. The Labute approximate surface area is 151 Å². The number of furan rings is 1. The number of halogens is 3. The van der Waals surface area contributed by atoms with Gasteiger partial charge in [-0.25, -0.2) is 9.50 Å². The lowest BCUT2D eigenvalue weighted by atomic mass is 10.2. The summed E-state index contributed by atoms with van der Waals surface area (Å²) in [7, 11) is 0. The van der Waals surface area contributed by atoms with Crippen molar-refractivity contribution in [1.29, 1.82) is 5.26 Å². The van der Waals surface area contributed by atoms with Crippen LogP contribution in [-0.4, -0.2) is 32.7 Å². The summed E-state index contributed by atoms with van der Waals surface area (Å²) < 4.78 is 44.8. The first-order chi connectivity index (χ1) is 12.6. The summed E-state index contributed by atoms with van der Waals surface area (Å²) in [6, 6.07) is 3.13. The molecule has 0 aliphatic carbocycles.